The highest BCUT2D eigenvalue weighted by atomic mass is 32.2. The summed E-state index contributed by atoms with van der Waals surface area (Å²) in [5.41, 5.74) is 2.45. The Morgan fingerprint density at radius 1 is 0.800 bits per heavy atom. The van der Waals surface area contributed by atoms with E-state index in [1.54, 1.807) is 51.1 Å². The number of hydrogen-bond donors (Lipinski definition) is 2. The highest BCUT2D eigenvalue weighted by Crippen LogP contribution is 2.23. The lowest BCUT2D eigenvalue weighted by Gasteiger charge is -2.18. The smallest absolute Gasteiger partial charge is 0.262 e. The first-order chi connectivity index (χ1) is 16.5. The van der Waals surface area contributed by atoms with Gasteiger partial charge in [0.15, 0.2) is 0 Å². The van der Waals surface area contributed by atoms with Gasteiger partial charge >= 0.3 is 0 Å². The number of nitrogens with zero attached hydrogens (tertiary/aromatic N) is 1. The van der Waals surface area contributed by atoms with Gasteiger partial charge in [0.2, 0.25) is 10.0 Å². The minimum absolute atomic E-state index is 0.00797. The quantitative estimate of drug-likeness (QED) is 0.439. The van der Waals surface area contributed by atoms with Gasteiger partial charge in [0.05, 0.1) is 9.79 Å². The normalized spacial score (nSPS) is 11.9. The lowest BCUT2D eigenvalue weighted by Crippen LogP contribution is -2.30. The molecule has 8 nitrogen and oxygen atoms in total. The summed E-state index contributed by atoms with van der Waals surface area (Å²) in [6, 6.07) is 17.2. The molecule has 0 aliphatic heterocycles. The van der Waals surface area contributed by atoms with Gasteiger partial charge in [-0.25, -0.2) is 16.8 Å². The van der Waals surface area contributed by atoms with Gasteiger partial charge in [0.1, 0.15) is 0 Å². The van der Waals surface area contributed by atoms with E-state index in [0.29, 0.717) is 30.0 Å². The maximum atomic E-state index is 13.0. The summed E-state index contributed by atoms with van der Waals surface area (Å²) >= 11 is 0. The first-order valence-corrected chi connectivity index (χ1v) is 14.0. The third-order valence-corrected chi connectivity index (χ3v) is 9.09. The molecule has 0 saturated heterocycles. The van der Waals surface area contributed by atoms with E-state index in [4.69, 9.17) is 0 Å². The fourth-order valence-electron chi connectivity index (χ4n) is 3.49. The van der Waals surface area contributed by atoms with E-state index in [1.165, 1.54) is 40.7 Å². The molecule has 186 valence electrons. The van der Waals surface area contributed by atoms with Crippen LogP contribution in [0.3, 0.4) is 0 Å². The Hall–Kier alpha value is -3.21. The fraction of sp³-hybridized carbons (Fsp3) is 0.240. The highest BCUT2D eigenvalue weighted by molar-refractivity contribution is 7.92. The molecule has 0 radical (unpaired) electrons. The van der Waals surface area contributed by atoms with Crippen molar-refractivity contribution >= 4 is 37.3 Å². The number of benzene rings is 3. The van der Waals surface area contributed by atoms with E-state index in [-0.39, 0.29) is 15.4 Å². The van der Waals surface area contributed by atoms with Gasteiger partial charge in [-0.15, -0.1) is 0 Å². The van der Waals surface area contributed by atoms with E-state index >= 15 is 0 Å². The van der Waals surface area contributed by atoms with Crippen molar-refractivity contribution in [2.24, 2.45) is 0 Å². The van der Waals surface area contributed by atoms with Crippen LogP contribution in [-0.2, 0) is 20.0 Å². The van der Waals surface area contributed by atoms with Crippen molar-refractivity contribution < 1.29 is 21.6 Å². The molecule has 3 rings (SSSR count). The van der Waals surface area contributed by atoms with Crippen molar-refractivity contribution in [3.63, 3.8) is 0 Å². The van der Waals surface area contributed by atoms with Crippen molar-refractivity contribution in [1.29, 1.82) is 0 Å². The van der Waals surface area contributed by atoms with Crippen LogP contribution in [0.5, 0.6) is 0 Å². The first-order valence-electron chi connectivity index (χ1n) is 11.1. The molecule has 1 amide bonds. The maximum Gasteiger partial charge on any atom is 0.262 e. The van der Waals surface area contributed by atoms with Crippen LogP contribution in [0.25, 0.3) is 0 Å². The second-order valence-corrected chi connectivity index (χ2v) is 11.6. The molecule has 3 aromatic rings. The average molecular weight is 516 g/mol. The molecule has 35 heavy (non-hydrogen) atoms. The number of carbonyl (C=O) groups is 1. The number of nitrogens with one attached hydrogen (secondary N) is 2. The summed E-state index contributed by atoms with van der Waals surface area (Å²) in [6.45, 7) is 7.80. The monoisotopic (exact) mass is 515 g/mol. The topological polar surface area (TPSA) is 113 Å². The summed E-state index contributed by atoms with van der Waals surface area (Å²) in [5, 5.41) is 2.69. The molecular formula is C25H29N3O5S2. The van der Waals surface area contributed by atoms with Crippen LogP contribution < -0.4 is 10.0 Å². The van der Waals surface area contributed by atoms with E-state index in [2.05, 4.69) is 10.0 Å². The van der Waals surface area contributed by atoms with Crippen LogP contribution in [0.4, 0.5) is 11.4 Å². The third kappa shape index (κ3) is 6.08. The summed E-state index contributed by atoms with van der Waals surface area (Å²) < 4.78 is 55.1. The molecule has 0 aliphatic rings. The summed E-state index contributed by atoms with van der Waals surface area (Å²) in [5.74, 6) is -0.517. The SMILES string of the molecule is CCN(CC)S(=O)(=O)c1ccc(NC(=O)c2ccc(C)c(S(=O)(=O)Nc3ccc(C)cc3)c2)cc1. The van der Waals surface area contributed by atoms with Crippen molar-refractivity contribution in [2.45, 2.75) is 37.5 Å². The molecular weight excluding hydrogens is 486 g/mol. The van der Waals surface area contributed by atoms with Crippen molar-refractivity contribution in [1.82, 2.24) is 4.31 Å². The predicted molar refractivity (Wildman–Crippen MR) is 138 cm³/mol. The van der Waals surface area contributed by atoms with Crippen molar-refractivity contribution in [3.8, 4) is 0 Å². The van der Waals surface area contributed by atoms with Crippen LogP contribution >= 0.6 is 0 Å². The number of sulfonamides is 2. The third-order valence-electron chi connectivity index (χ3n) is 5.50. The van der Waals surface area contributed by atoms with Crippen molar-refractivity contribution in [2.75, 3.05) is 23.1 Å². The number of carbonyl (C=O) groups excluding carboxylic acids is 1. The van der Waals surface area contributed by atoms with Gasteiger partial charge in [0.25, 0.3) is 15.9 Å². The molecule has 0 saturated carbocycles. The minimum atomic E-state index is -3.92. The molecule has 0 aliphatic carbocycles. The molecule has 0 fully saturated rings. The van der Waals surface area contributed by atoms with Crippen LogP contribution in [-0.4, -0.2) is 40.1 Å². The molecule has 0 heterocycles. The Bertz CT molecular complexity index is 1410. The predicted octanol–water partition coefficient (Wildman–Crippen LogP) is 4.39. The van der Waals surface area contributed by atoms with E-state index in [1.807, 2.05) is 6.92 Å². The van der Waals surface area contributed by atoms with Crippen LogP contribution in [0.2, 0.25) is 0 Å². The molecule has 10 heteroatoms. The van der Waals surface area contributed by atoms with Crippen LogP contribution in [0.15, 0.2) is 76.5 Å². The lowest BCUT2D eigenvalue weighted by atomic mass is 10.1. The van der Waals surface area contributed by atoms with Crippen molar-refractivity contribution in [3.05, 3.63) is 83.4 Å². The highest BCUT2D eigenvalue weighted by Gasteiger charge is 2.22. The van der Waals surface area contributed by atoms with Gasteiger partial charge < -0.3 is 5.32 Å². The van der Waals surface area contributed by atoms with Crippen LogP contribution in [0.1, 0.15) is 35.3 Å². The van der Waals surface area contributed by atoms with Gasteiger partial charge in [-0.3, -0.25) is 9.52 Å². The lowest BCUT2D eigenvalue weighted by molar-refractivity contribution is 0.102. The number of anilines is 2. The van der Waals surface area contributed by atoms with Gasteiger partial charge in [-0.1, -0.05) is 37.6 Å². The second-order valence-electron chi connectivity index (χ2n) is 8.02. The number of amides is 1. The Morgan fingerprint density at radius 3 is 1.94 bits per heavy atom. The molecule has 0 spiro atoms. The zero-order valence-electron chi connectivity index (χ0n) is 20.1. The minimum Gasteiger partial charge on any atom is -0.322 e. The Labute approximate surface area is 207 Å². The second kappa shape index (κ2) is 10.6. The fourth-order valence-corrected chi connectivity index (χ4v) is 6.28. The summed E-state index contributed by atoms with van der Waals surface area (Å²) in [4.78, 5) is 13.0. The largest absolute Gasteiger partial charge is 0.322 e. The Balaban J connectivity index is 1.81. The Morgan fingerprint density at radius 2 is 1.37 bits per heavy atom. The van der Waals surface area contributed by atoms with E-state index < -0.39 is 26.0 Å². The molecule has 0 atom stereocenters. The standard InChI is InChI=1S/C25H29N3O5S2/c1-5-28(6-2)35(32,33)23-15-13-21(14-16-23)26-25(29)20-10-9-19(4)24(17-20)34(30,31)27-22-11-7-18(3)8-12-22/h7-17,27H,5-6H2,1-4H3,(H,26,29). The molecule has 0 bridgehead atoms. The van der Waals surface area contributed by atoms with E-state index in [0.717, 1.165) is 5.56 Å². The summed E-state index contributed by atoms with van der Waals surface area (Å²) in [7, 11) is -7.53. The van der Waals surface area contributed by atoms with E-state index in [9.17, 15) is 21.6 Å². The molecule has 3 aromatic carbocycles. The van der Waals surface area contributed by atoms with Crippen LogP contribution in [0, 0.1) is 13.8 Å². The maximum absolute atomic E-state index is 13.0. The molecule has 0 aromatic heterocycles. The number of aryl methyl sites for hydroxylation is 2. The summed E-state index contributed by atoms with van der Waals surface area (Å²) in [6.07, 6.45) is 0. The first kappa shape index (κ1) is 26.4. The van der Waals surface area contributed by atoms with Gasteiger partial charge in [-0.05, 0) is 67.9 Å². The van der Waals surface area contributed by atoms with Gasteiger partial charge in [-0.2, -0.15) is 4.31 Å². The molecule has 0 unspecified atom stereocenters. The Kier molecular flexibility index (Phi) is 7.99. The number of rotatable bonds is 9. The zero-order chi connectivity index (χ0) is 25.8. The zero-order valence-corrected chi connectivity index (χ0v) is 21.7. The molecule has 2 N–H and O–H groups in total. The van der Waals surface area contributed by atoms with Gasteiger partial charge in [0, 0.05) is 30.0 Å². The number of hydrogen-bond acceptors (Lipinski definition) is 5. The average Bonchev–Trinajstić information content (AvgIpc) is 2.81.